The third kappa shape index (κ3) is 5.60. The average Bonchev–Trinajstić information content (AvgIpc) is 2.83. The van der Waals surface area contributed by atoms with Crippen molar-refractivity contribution in [1.29, 1.82) is 0 Å². The molecule has 0 bridgehead atoms. The normalized spacial score (nSPS) is 12.4. The van der Waals surface area contributed by atoms with Gasteiger partial charge in [0.25, 0.3) is 5.56 Å². The Kier molecular flexibility index (Phi) is 7.40. The number of benzene rings is 3. The maximum absolute atomic E-state index is 13.3. The molecular formula is C26H23Br2N3O2. The maximum atomic E-state index is 13.3. The summed E-state index contributed by atoms with van der Waals surface area (Å²) in [5, 5.41) is 5.06. The van der Waals surface area contributed by atoms with Gasteiger partial charge in [-0.25, -0.2) is 4.98 Å². The standard InChI is InChI=1S/C26H23Br2N3O2/c1-3-17(2)25-30-24-12-11-21(28)14-23(24)26(32)31(25)29-15-19-5-4-6-22(13-19)33-16-18-7-9-20(27)10-8-18/h4-15,17H,3,16H2,1-2H3/t17-/m1/s1. The summed E-state index contributed by atoms with van der Waals surface area (Å²) in [6.07, 6.45) is 2.52. The van der Waals surface area contributed by atoms with Gasteiger partial charge in [-0.2, -0.15) is 9.78 Å². The number of halogens is 2. The van der Waals surface area contributed by atoms with Crippen LogP contribution in [0.5, 0.6) is 5.75 Å². The molecule has 0 saturated carbocycles. The van der Waals surface area contributed by atoms with Crippen molar-refractivity contribution >= 4 is 49.0 Å². The van der Waals surface area contributed by atoms with Crippen molar-refractivity contribution < 1.29 is 4.74 Å². The molecule has 1 heterocycles. The van der Waals surface area contributed by atoms with Crippen molar-refractivity contribution in [3.05, 3.63) is 103 Å². The topological polar surface area (TPSA) is 56.5 Å². The number of nitrogens with zero attached hydrogens (tertiary/aromatic N) is 3. The number of hydrogen-bond donors (Lipinski definition) is 0. The van der Waals surface area contributed by atoms with E-state index in [9.17, 15) is 4.79 Å². The summed E-state index contributed by atoms with van der Waals surface area (Å²) in [6.45, 7) is 4.59. The Balaban J connectivity index is 1.63. The van der Waals surface area contributed by atoms with Crippen LogP contribution >= 0.6 is 31.9 Å². The molecule has 0 radical (unpaired) electrons. The Morgan fingerprint density at radius 2 is 1.82 bits per heavy atom. The minimum Gasteiger partial charge on any atom is -0.489 e. The first-order valence-electron chi connectivity index (χ1n) is 10.7. The molecule has 4 rings (SSSR count). The first kappa shape index (κ1) is 23.4. The van der Waals surface area contributed by atoms with E-state index in [-0.39, 0.29) is 11.5 Å². The lowest BCUT2D eigenvalue weighted by molar-refractivity contribution is 0.306. The van der Waals surface area contributed by atoms with Gasteiger partial charge >= 0.3 is 0 Å². The van der Waals surface area contributed by atoms with Gasteiger partial charge in [0, 0.05) is 14.9 Å². The van der Waals surface area contributed by atoms with Crippen LogP contribution < -0.4 is 10.3 Å². The van der Waals surface area contributed by atoms with E-state index in [2.05, 4.69) is 50.8 Å². The zero-order valence-electron chi connectivity index (χ0n) is 18.3. The van der Waals surface area contributed by atoms with Crippen LogP contribution in [0.2, 0.25) is 0 Å². The van der Waals surface area contributed by atoms with Crippen LogP contribution in [0.25, 0.3) is 10.9 Å². The molecule has 5 nitrogen and oxygen atoms in total. The van der Waals surface area contributed by atoms with Crippen LogP contribution in [-0.4, -0.2) is 15.9 Å². The quantitative estimate of drug-likeness (QED) is 0.228. The smallest absolute Gasteiger partial charge is 0.282 e. The lowest BCUT2D eigenvalue weighted by Gasteiger charge is -2.14. The van der Waals surface area contributed by atoms with Crippen LogP contribution in [0.15, 0.2) is 85.6 Å². The molecule has 0 aliphatic carbocycles. The molecule has 168 valence electrons. The van der Waals surface area contributed by atoms with Crippen LogP contribution in [0.1, 0.15) is 43.1 Å². The second-order valence-corrected chi connectivity index (χ2v) is 9.62. The first-order valence-corrected chi connectivity index (χ1v) is 12.3. The molecule has 4 aromatic rings. The SMILES string of the molecule is CC[C@@H](C)c1nc2ccc(Br)cc2c(=O)n1N=Cc1cccc(OCc2ccc(Br)cc2)c1. The van der Waals surface area contributed by atoms with Gasteiger partial charge in [-0.05, 0) is 60.0 Å². The van der Waals surface area contributed by atoms with E-state index in [1.54, 1.807) is 12.3 Å². The highest BCUT2D eigenvalue weighted by Gasteiger charge is 2.15. The molecule has 0 aliphatic heterocycles. The van der Waals surface area contributed by atoms with Gasteiger partial charge < -0.3 is 4.74 Å². The van der Waals surface area contributed by atoms with Crippen molar-refractivity contribution in [2.75, 3.05) is 0 Å². The largest absolute Gasteiger partial charge is 0.489 e. The van der Waals surface area contributed by atoms with Crippen molar-refractivity contribution in [3.8, 4) is 5.75 Å². The Morgan fingerprint density at radius 3 is 2.58 bits per heavy atom. The monoisotopic (exact) mass is 567 g/mol. The Morgan fingerprint density at radius 1 is 1.06 bits per heavy atom. The van der Waals surface area contributed by atoms with Crippen molar-refractivity contribution in [1.82, 2.24) is 9.66 Å². The molecule has 0 fully saturated rings. The predicted octanol–water partition coefficient (Wildman–Crippen LogP) is 6.90. The number of ether oxygens (including phenoxy) is 1. The summed E-state index contributed by atoms with van der Waals surface area (Å²) in [7, 11) is 0. The van der Waals surface area contributed by atoms with Crippen LogP contribution in [-0.2, 0) is 6.61 Å². The van der Waals surface area contributed by atoms with E-state index in [0.29, 0.717) is 23.3 Å². The van der Waals surface area contributed by atoms with Crippen molar-refractivity contribution in [3.63, 3.8) is 0 Å². The number of hydrogen-bond acceptors (Lipinski definition) is 4. The summed E-state index contributed by atoms with van der Waals surface area (Å²) in [6, 6.07) is 21.2. The second kappa shape index (κ2) is 10.4. The highest BCUT2D eigenvalue weighted by atomic mass is 79.9. The molecule has 0 saturated heterocycles. The lowest BCUT2D eigenvalue weighted by Crippen LogP contribution is -2.23. The third-order valence-electron chi connectivity index (χ3n) is 5.39. The van der Waals surface area contributed by atoms with Crippen LogP contribution in [0.4, 0.5) is 0 Å². The molecule has 1 atom stereocenters. The van der Waals surface area contributed by atoms with Gasteiger partial charge in [0.05, 0.1) is 17.1 Å². The average molecular weight is 569 g/mol. The first-order chi connectivity index (χ1) is 15.9. The molecule has 7 heteroatoms. The minimum absolute atomic E-state index is 0.0865. The summed E-state index contributed by atoms with van der Waals surface area (Å²) in [5.74, 6) is 1.47. The van der Waals surface area contributed by atoms with Crippen LogP contribution in [0.3, 0.4) is 0 Å². The highest BCUT2D eigenvalue weighted by molar-refractivity contribution is 9.10. The second-order valence-electron chi connectivity index (χ2n) is 7.79. The highest BCUT2D eigenvalue weighted by Crippen LogP contribution is 2.21. The van der Waals surface area contributed by atoms with E-state index in [1.807, 2.05) is 60.7 Å². The van der Waals surface area contributed by atoms with E-state index in [4.69, 9.17) is 9.72 Å². The lowest BCUT2D eigenvalue weighted by atomic mass is 10.1. The summed E-state index contributed by atoms with van der Waals surface area (Å²) in [5.41, 5.74) is 2.40. The number of aromatic nitrogens is 2. The van der Waals surface area contributed by atoms with Crippen molar-refractivity contribution in [2.24, 2.45) is 5.10 Å². The Labute approximate surface area is 209 Å². The van der Waals surface area contributed by atoms with E-state index < -0.39 is 0 Å². The van der Waals surface area contributed by atoms with E-state index >= 15 is 0 Å². The minimum atomic E-state index is -0.185. The zero-order chi connectivity index (χ0) is 23.4. The summed E-state index contributed by atoms with van der Waals surface area (Å²) in [4.78, 5) is 18.0. The third-order valence-corrected chi connectivity index (χ3v) is 6.41. The number of rotatable bonds is 7. The molecule has 0 spiro atoms. The molecule has 0 aliphatic rings. The van der Waals surface area contributed by atoms with Gasteiger partial charge in [-0.3, -0.25) is 4.79 Å². The van der Waals surface area contributed by atoms with Gasteiger partial charge in [0.15, 0.2) is 0 Å². The van der Waals surface area contributed by atoms with E-state index in [0.717, 1.165) is 32.2 Å². The fourth-order valence-corrected chi connectivity index (χ4v) is 3.96. The molecular weight excluding hydrogens is 546 g/mol. The van der Waals surface area contributed by atoms with Gasteiger partial charge in [0.1, 0.15) is 18.2 Å². The fourth-order valence-electron chi connectivity index (χ4n) is 3.34. The predicted molar refractivity (Wildman–Crippen MR) is 140 cm³/mol. The summed E-state index contributed by atoms with van der Waals surface area (Å²) >= 11 is 6.88. The van der Waals surface area contributed by atoms with Gasteiger partial charge in [-0.15, -0.1) is 0 Å². The Hall–Kier alpha value is -2.77. The summed E-state index contributed by atoms with van der Waals surface area (Å²) < 4.78 is 9.21. The molecule has 0 amide bonds. The molecule has 1 aromatic heterocycles. The zero-order valence-corrected chi connectivity index (χ0v) is 21.5. The molecule has 0 N–H and O–H groups in total. The molecule has 3 aromatic carbocycles. The van der Waals surface area contributed by atoms with Gasteiger partial charge in [0.2, 0.25) is 0 Å². The number of fused-ring (bicyclic) bond motifs is 1. The maximum Gasteiger partial charge on any atom is 0.282 e. The van der Waals surface area contributed by atoms with E-state index in [1.165, 1.54) is 4.68 Å². The Bertz CT molecular complexity index is 1360. The fraction of sp³-hybridized carbons (Fsp3) is 0.192. The van der Waals surface area contributed by atoms with Crippen molar-refractivity contribution in [2.45, 2.75) is 32.8 Å². The van der Waals surface area contributed by atoms with Crippen LogP contribution in [0, 0.1) is 0 Å². The molecule has 33 heavy (non-hydrogen) atoms. The van der Waals surface area contributed by atoms with Gasteiger partial charge in [-0.1, -0.05) is 70.0 Å². The molecule has 0 unspecified atom stereocenters.